The number of rotatable bonds is 7. The fourth-order valence-electron chi connectivity index (χ4n) is 2.40. The van der Waals surface area contributed by atoms with Gasteiger partial charge in [-0.2, -0.15) is 0 Å². The van der Waals surface area contributed by atoms with Crippen molar-refractivity contribution < 1.29 is 32.7 Å². The highest BCUT2D eigenvalue weighted by molar-refractivity contribution is 6.06. The standard InChI is InChI=1S/C17H19F2N3O5/c1-17(2)15(25)22(16(26)21-17)7-3-4-14(24)27-9-13(23)20-12-8-10(18)5-6-11(12)19/h5-6,8H,3-4,7,9H2,1-2H3,(H,20,23)(H,21,26). The van der Waals surface area contributed by atoms with Crippen LogP contribution in [0.2, 0.25) is 0 Å². The molecule has 0 spiro atoms. The minimum Gasteiger partial charge on any atom is -0.456 e. The molecule has 0 aromatic heterocycles. The number of carbonyl (C=O) groups excluding carboxylic acids is 4. The summed E-state index contributed by atoms with van der Waals surface area (Å²) in [4.78, 5) is 47.9. The topological polar surface area (TPSA) is 105 Å². The molecule has 1 aromatic carbocycles. The van der Waals surface area contributed by atoms with Gasteiger partial charge in [0, 0.05) is 19.0 Å². The van der Waals surface area contributed by atoms with E-state index in [9.17, 15) is 28.0 Å². The van der Waals surface area contributed by atoms with E-state index in [0.29, 0.717) is 0 Å². The monoisotopic (exact) mass is 383 g/mol. The fourth-order valence-corrected chi connectivity index (χ4v) is 2.40. The van der Waals surface area contributed by atoms with Crippen LogP contribution in [0.25, 0.3) is 0 Å². The van der Waals surface area contributed by atoms with Gasteiger partial charge in [0.1, 0.15) is 17.2 Å². The third-order valence-corrected chi connectivity index (χ3v) is 3.77. The first-order chi connectivity index (χ1) is 12.6. The summed E-state index contributed by atoms with van der Waals surface area (Å²) >= 11 is 0. The molecule has 2 rings (SSSR count). The predicted octanol–water partition coefficient (Wildman–Crippen LogP) is 1.56. The van der Waals surface area contributed by atoms with Gasteiger partial charge in [0.2, 0.25) is 0 Å². The van der Waals surface area contributed by atoms with Crippen molar-refractivity contribution in [1.29, 1.82) is 0 Å². The van der Waals surface area contributed by atoms with Crippen molar-refractivity contribution in [1.82, 2.24) is 10.2 Å². The highest BCUT2D eigenvalue weighted by Crippen LogP contribution is 2.17. The molecule has 2 N–H and O–H groups in total. The third kappa shape index (κ3) is 5.22. The molecule has 0 saturated carbocycles. The second kappa shape index (κ2) is 8.11. The Balaban J connectivity index is 1.72. The Hall–Kier alpha value is -3.04. The van der Waals surface area contributed by atoms with Crippen LogP contribution in [0.4, 0.5) is 19.3 Å². The Labute approximate surface area is 153 Å². The molecule has 4 amide bonds. The lowest BCUT2D eigenvalue weighted by Gasteiger charge is -2.15. The summed E-state index contributed by atoms with van der Waals surface area (Å²) in [6.45, 7) is 2.50. The van der Waals surface area contributed by atoms with Crippen molar-refractivity contribution >= 4 is 29.5 Å². The average Bonchev–Trinajstić information content (AvgIpc) is 2.78. The molecule has 1 aliphatic rings. The number of hydrogen-bond acceptors (Lipinski definition) is 5. The Morgan fingerprint density at radius 1 is 1.26 bits per heavy atom. The molecule has 0 atom stereocenters. The average molecular weight is 383 g/mol. The zero-order valence-corrected chi connectivity index (χ0v) is 14.8. The molecule has 1 aromatic rings. The molecule has 10 heteroatoms. The van der Waals surface area contributed by atoms with Gasteiger partial charge in [-0.25, -0.2) is 13.6 Å². The van der Waals surface area contributed by atoms with E-state index in [0.717, 1.165) is 23.1 Å². The zero-order valence-electron chi connectivity index (χ0n) is 14.8. The van der Waals surface area contributed by atoms with E-state index in [1.54, 1.807) is 13.8 Å². The Morgan fingerprint density at radius 3 is 2.59 bits per heavy atom. The predicted molar refractivity (Wildman–Crippen MR) is 89.5 cm³/mol. The van der Waals surface area contributed by atoms with Gasteiger partial charge in [0.25, 0.3) is 11.8 Å². The number of anilines is 1. The van der Waals surface area contributed by atoms with E-state index in [2.05, 4.69) is 10.6 Å². The van der Waals surface area contributed by atoms with Crippen molar-refractivity contribution in [2.24, 2.45) is 0 Å². The van der Waals surface area contributed by atoms with Crippen LogP contribution in [0.5, 0.6) is 0 Å². The van der Waals surface area contributed by atoms with Crippen LogP contribution in [0, 0.1) is 11.6 Å². The summed E-state index contributed by atoms with van der Waals surface area (Å²) in [5, 5.41) is 4.60. The van der Waals surface area contributed by atoms with Crippen LogP contribution in [-0.2, 0) is 19.1 Å². The van der Waals surface area contributed by atoms with E-state index in [1.165, 1.54) is 0 Å². The van der Waals surface area contributed by atoms with Gasteiger partial charge < -0.3 is 15.4 Å². The van der Waals surface area contributed by atoms with Gasteiger partial charge in [-0.1, -0.05) is 0 Å². The number of amides is 4. The van der Waals surface area contributed by atoms with Crippen LogP contribution >= 0.6 is 0 Å². The van der Waals surface area contributed by atoms with Gasteiger partial charge >= 0.3 is 12.0 Å². The van der Waals surface area contributed by atoms with Crippen molar-refractivity contribution in [2.45, 2.75) is 32.2 Å². The first-order valence-electron chi connectivity index (χ1n) is 8.15. The maximum absolute atomic E-state index is 13.4. The molecule has 1 aliphatic heterocycles. The second-order valence-corrected chi connectivity index (χ2v) is 6.45. The molecule has 8 nitrogen and oxygen atoms in total. The summed E-state index contributed by atoms with van der Waals surface area (Å²) in [5.41, 5.74) is -1.35. The van der Waals surface area contributed by atoms with Crippen LogP contribution in [0.15, 0.2) is 18.2 Å². The number of esters is 1. The molecule has 0 bridgehead atoms. The molecule has 146 valence electrons. The van der Waals surface area contributed by atoms with Crippen LogP contribution < -0.4 is 10.6 Å². The minimum absolute atomic E-state index is 0.0316. The third-order valence-electron chi connectivity index (χ3n) is 3.77. The molecule has 1 saturated heterocycles. The maximum Gasteiger partial charge on any atom is 0.325 e. The summed E-state index contributed by atoms with van der Waals surface area (Å²) in [7, 11) is 0. The normalized spacial score (nSPS) is 15.5. The Morgan fingerprint density at radius 2 is 1.96 bits per heavy atom. The van der Waals surface area contributed by atoms with Crippen molar-refractivity contribution in [3.63, 3.8) is 0 Å². The number of hydrogen-bond donors (Lipinski definition) is 2. The van der Waals surface area contributed by atoms with Gasteiger partial charge in [0.15, 0.2) is 6.61 Å². The molecule has 1 fully saturated rings. The van der Waals surface area contributed by atoms with Gasteiger partial charge in [-0.3, -0.25) is 19.3 Å². The molecular formula is C17H19F2N3O5. The molecule has 27 heavy (non-hydrogen) atoms. The summed E-state index contributed by atoms with van der Waals surface area (Å²) in [5.74, 6) is -3.50. The van der Waals surface area contributed by atoms with E-state index < -0.39 is 47.6 Å². The highest BCUT2D eigenvalue weighted by atomic mass is 19.1. The SMILES string of the molecule is CC1(C)NC(=O)N(CCCC(=O)OCC(=O)Nc2cc(F)ccc2F)C1=O. The van der Waals surface area contributed by atoms with E-state index in [1.807, 2.05) is 0 Å². The van der Waals surface area contributed by atoms with E-state index in [4.69, 9.17) is 4.74 Å². The number of ether oxygens (including phenoxy) is 1. The number of halogens is 2. The Bertz CT molecular complexity index is 782. The van der Waals surface area contributed by atoms with E-state index in [-0.39, 0.29) is 25.1 Å². The summed E-state index contributed by atoms with van der Waals surface area (Å²) in [6, 6.07) is 2.02. The lowest BCUT2D eigenvalue weighted by atomic mass is 10.1. The maximum atomic E-state index is 13.4. The number of nitrogens with zero attached hydrogens (tertiary/aromatic N) is 1. The van der Waals surface area contributed by atoms with Crippen molar-refractivity contribution in [2.75, 3.05) is 18.5 Å². The van der Waals surface area contributed by atoms with Gasteiger partial charge in [-0.05, 0) is 32.4 Å². The fraction of sp³-hybridized carbons (Fsp3) is 0.412. The molecular weight excluding hydrogens is 364 g/mol. The molecule has 1 heterocycles. The van der Waals surface area contributed by atoms with E-state index >= 15 is 0 Å². The smallest absolute Gasteiger partial charge is 0.325 e. The summed E-state index contributed by atoms with van der Waals surface area (Å²) < 4.78 is 31.2. The second-order valence-electron chi connectivity index (χ2n) is 6.45. The summed E-state index contributed by atoms with van der Waals surface area (Å²) in [6.07, 6.45) is 0.0350. The minimum atomic E-state index is -0.984. The van der Waals surface area contributed by atoms with Gasteiger partial charge in [-0.15, -0.1) is 0 Å². The lowest BCUT2D eigenvalue weighted by molar-refractivity contribution is -0.147. The number of nitrogens with one attached hydrogen (secondary N) is 2. The number of benzene rings is 1. The number of imide groups is 1. The first-order valence-corrected chi connectivity index (χ1v) is 8.15. The zero-order chi connectivity index (χ0) is 20.2. The lowest BCUT2D eigenvalue weighted by Crippen LogP contribution is -2.40. The van der Waals surface area contributed by atoms with Crippen molar-refractivity contribution in [3.05, 3.63) is 29.8 Å². The quantitative estimate of drug-likeness (QED) is 0.549. The first kappa shape index (κ1) is 20.3. The number of carbonyl (C=O) groups is 4. The van der Waals surface area contributed by atoms with Crippen LogP contribution in [0.3, 0.4) is 0 Å². The number of urea groups is 1. The van der Waals surface area contributed by atoms with Crippen LogP contribution in [0.1, 0.15) is 26.7 Å². The van der Waals surface area contributed by atoms with Crippen LogP contribution in [-0.4, -0.2) is 47.4 Å². The molecule has 0 unspecified atom stereocenters. The molecule has 0 aliphatic carbocycles. The Kier molecular flexibility index (Phi) is 6.09. The van der Waals surface area contributed by atoms with Gasteiger partial charge in [0.05, 0.1) is 5.69 Å². The van der Waals surface area contributed by atoms with Crippen molar-refractivity contribution in [3.8, 4) is 0 Å². The highest BCUT2D eigenvalue weighted by Gasteiger charge is 2.43. The molecule has 0 radical (unpaired) electrons. The largest absolute Gasteiger partial charge is 0.456 e.